The van der Waals surface area contributed by atoms with Crippen LogP contribution in [0, 0.1) is 0 Å². The van der Waals surface area contributed by atoms with E-state index < -0.39 is 5.97 Å². The minimum atomic E-state index is -0.691. The highest BCUT2D eigenvalue weighted by molar-refractivity contribution is 5.69. The summed E-state index contributed by atoms with van der Waals surface area (Å²) in [5.41, 5.74) is 0. The second-order valence-electron chi connectivity index (χ2n) is 12.4. The molecule has 0 aliphatic carbocycles. The van der Waals surface area contributed by atoms with Crippen LogP contribution < -0.4 is 0 Å². The average molecular weight is 615 g/mol. The van der Waals surface area contributed by atoms with E-state index in [0.29, 0.717) is 6.42 Å². The number of allylic oxidation sites excluding steroid dienone is 8. The highest BCUT2D eigenvalue weighted by atomic mass is 16.5. The number of hydrogen-bond donors (Lipinski definition) is 1. The number of carboxylic acid groups (broad SMARTS) is 1. The quantitative estimate of drug-likeness (QED) is 0.0454. The molecule has 0 saturated heterocycles. The van der Waals surface area contributed by atoms with Crippen LogP contribution in [0.5, 0.6) is 0 Å². The molecule has 1 unspecified atom stereocenters. The third-order valence-electron chi connectivity index (χ3n) is 8.07. The molecule has 0 heterocycles. The number of ether oxygens (including phenoxy) is 1. The smallest absolute Gasteiger partial charge is 0.306 e. The molecule has 4 heteroatoms. The van der Waals surface area contributed by atoms with Crippen LogP contribution in [-0.4, -0.2) is 23.1 Å². The van der Waals surface area contributed by atoms with Crippen LogP contribution in [0.1, 0.15) is 187 Å². The standard InChI is InChI=1S/C40H70O4/c1-3-5-7-9-11-13-14-15-16-17-18-20-25-29-33-37-40(43)44-38(34-30-26-22-19-12-10-8-6-4-2)35-31-27-23-21-24-28-32-36-39(41)42/h5,7,11,13,15-16,18,20,38H,3-4,6,8-10,12,14,17,19,21-37H2,1-2H3,(H,41,42)/b7-5-,13-11-,16-15-,20-18-. The highest BCUT2D eigenvalue weighted by Crippen LogP contribution is 2.19. The summed E-state index contributed by atoms with van der Waals surface area (Å²) in [6.07, 6.45) is 47.0. The molecule has 0 amide bonds. The summed E-state index contributed by atoms with van der Waals surface area (Å²) in [5.74, 6) is -0.710. The van der Waals surface area contributed by atoms with Gasteiger partial charge in [-0.05, 0) is 77.0 Å². The largest absolute Gasteiger partial charge is 0.481 e. The lowest BCUT2D eigenvalue weighted by atomic mass is 10.0. The molecule has 1 N–H and O–H groups in total. The molecular formula is C40H70O4. The Morgan fingerprint density at radius 3 is 1.45 bits per heavy atom. The molecular weight excluding hydrogens is 544 g/mol. The van der Waals surface area contributed by atoms with Crippen molar-refractivity contribution in [2.75, 3.05) is 0 Å². The van der Waals surface area contributed by atoms with Crippen molar-refractivity contribution in [3.63, 3.8) is 0 Å². The van der Waals surface area contributed by atoms with E-state index in [1.807, 2.05) is 0 Å². The molecule has 0 aromatic rings. The molecule has 0 spiro atoms. The molecule has 1 atom stereocenters. The van der Waals surface area contributed by atoms with Crippen molar-refractivity contribution in [3.05, 3.63) is 48.6 Å². The summed E-state index contributed by atoms with van der Waals surface area (Å²) in [5, 5.41) is 8.75. The Bertz CT molecular complexity index is 748. The van der Waals surface area contributed by atoms with Crippen molar-refractivity contribution in [3.8, 4) is 0 Å². The molecule has 4 nitrogen and oxygen atoms in total. The predicted molar refractivity (Wildman–Crippen MR) is 190 cm³/mol. The SMILES string of the molecule is CC/C=C\C/C=C\C/C=C\C/C=C\CCCCC(=O)OC(CCCCCCCCCCC)CCCCCCCCCC(=O)O. The van der Waals surface area contributed by atoms with Gasteiger partial charge in [-0.1, -0.05) is 146 Å². The number of unbranched alkanes of at least 4 members (excludes halogenated alkanes) is 16. The van der Waals surface area contributed by atoms with Crippen LogP contribution in [0.15, 0.2) is 48.6 Å². The maximum absolute atomic E-state index is 12.6. The molecule has 0 fully saturated rings. The van der Waals surface area contributed by atoms with Crippen molar-refractivity contribution in [1.82, 2.24) is 0 Å². The van der Waals surface area contributed by atoms with Crippen LogP contribution in [0.3, 0.4) is 0 Å². The fourth-order valence-corrected chi connectivity index (χ4v) is 5.35. The summed E-state index contributed by atoms with van der Waals surface area (Å²) in [6, 6.07) is 0. The van der Waals surface area contributed by atoms with Crippen LogP contribution >= 0.6 is 0 Å². The van der Waals surface area contributed by atoms with Crippen LogP contribution in [-0.2, 0) is 14.3 Å². The number of rotatable bonds is 33. The van der Waals surface area contributed by atoms with Crippen LogP contribution in [0.25, 0.3) is 0 Å². The lowest BCUT2D eigenvalue weighted by Crippen LogP contribution is -2.18. The first-order valence-corrected chi connectivity index (χ1v) is 18.6. The number of carboxylic acids is 1. The molecule has 0 rings (SSSR count). The molecule has 0 aromatic heterocycles. The number of carbonyl (C=O) groups is 2. The second kappa shape index (κ2) is 35.4. The molecule has 44 heavy (non-hydrogen) atoms. The van der Waals surface area contributed by atoms with Gasteiger partial charge in [-0.2, -0.15) is 0 Å². The zero-order chi connectivity index (χ0) is 32.2. The molecule has 0 aliphatic rings. The van der Waals surface area contributed by atoms with Gasteiger partial charge in [-0.3, -0.25) is 9.59 Å². The maximum atomic E-state index is 12.6. The highest BCUT2D eigenvalue weighted by Gasteiger charge is 2.14. The van der Waals surface area contributed by atoms with Crippen LogP contribution in [0.2, 0.25) is 0 Å². The van der Waals surface area contributed by atoms with E-state index in [2.05, 4.69) is 62.5 Å². The normalized spacial score (nSPS) is 12.8. The van der Waals surface area contributed by atoms with Crippen molar-refractivity contribution >= 4 is 11.9 Å². The number of hydrogen-bond acceptors (Lipinski definition) is 3. The summed E-state index contributed by atoms with van der Waals surface area (Å²) in [7, 11) is 0. The number of carbonyl (C=O) groups excluding carboxylic acids is 1. The third-order valence-corrected chi connectivity index (χ3v) is 8.07. The summed E-state index contributed by atoms with van der Waals surface area (Å²) >= 11 is 0. The Kier molecular flexibility index (Phi) is 33.7. The zero-order valence-electron chi connectivity index (χ0n) is 29.0. The molecule has 254 valence electrons. The second-order valence-corrected chi connectivity index (χ2v) is 12.4. The van der Waals surface area contributed by atoms with E-state index in [0.717, 1.165) is 89.9 Å². The fraction of sp³-hybridized carbons (Fsp3) is 0.750. The Morgan fingerprint density at radius 2 is 0.955 bits per heavy atom. The Hall–Kier alpha value is -2.10. The van der Waals surface area contributed by atoms with E-state index in [1.54, 1.807) is 0 Å². The van der Waals surface area contributed by atoms with Gasteiger partial charge in [-0.15, -0.1) is 0 Å². The minimum absolute atomic E-state index is 0.0190. The van der Waals surface area contributed by atoms with Crippen molar-refractivity contribution < 1.29 is 19.4 Å². The van der Waals surface area contributed by atoms with Crippen LogP contribution in [0.4, 0.5) is 0 Å². The van der Waals surface area contributed by atoms with Gasteiger partial charge in [-0.25, -0.2) is 0 Å². The van der Waals surface area contributed by atoms with Crippen molar-refractivity contribution in [2.45, 2.75) is 193 Å². The van der Waals surface area contributed by atoms with Gasteiger partial charge in [0.25, 0.3) is 0 Å². The number of aliphatic carboxylic acids is 1. The molecule has 0 radical (unpaired) electrons. The topological polar surface area (TPSA) is 63.6 Å². The van der Waals surface area contributed by atoms with E-state index >= 15 is 0 Å². The van der Waals surface area contributed by atoms with Gasteiger partial charge >= 0.3 is 11.9 Å². The van der Waals surface area contributed by atoms with Crippen molar-refractivity contribution in [2.24, 2.45) is 0 Å². The van der Waals surface area contributed by atoms with Gasteiger partial charge in [0.15, 0.2) is 0 Å². The van der Waals surface area contributed by atoms with E-state index in [9.17, 15) is 9.59 Å². The van der Waals surface area contributed by atoms with E-state index in [-0.39, 0.29) is 18.5 Å². The molecule has 0 saturated carbocycles. The summed E-state index contributed by atoms with van der Waals surface area (Å²) < 4.78 is 5.99. The molecule has 0 aromatic carbocycles. The number of esters is 1. The van der Waals surface area contributed by atoms with Gasteiger partial charge in [0.1, 0.15) is 6.10 Å². The van der Waals surface area contributed by atoms with Gasteiger partial charge in [0, 0.05) is 12.8 Å². The molecule has 0 bridgehead atoms. The van der Waals surface area contributed by atoms with E-state index in [1.165, 1.54) is 70.6 Å². The Morgan fingerprint density at radius 1 is 0.523 bits per heavy atom. The Labute approximate surface area is 272 Å². The van der Waals surface area contributed by atoms with Crippen molar-refractivity contribution in [1.29, 1.82) is 0 Å². The monoisotopic (exact) mass is 615 g/mol. The van der Waals surface area contributed by atoms with Gasteiger partial charge < -0.3 is 9.84 Å². The first kappa shape index (κ1) is 41.9. The zero-order valence-corrected chi connectivity index (χ0v) is 29.0. The van der Waals surface area contributed by atoms with Gasteiger partial charge in [0.2, 0.25) is 0 Å². The van der Waals surface area contributed by atoms with E-state index in [4.69, 9.17) is 9.84 Å². The molecule has 0 aliphatic heterocycles. The average Bonchev–Trinajstić information content (AvgIpc) is 3.01. The summed E-state index contributed by atoms with van der Waals surface area (Å²) in [4.78, 5) is 23.3. The lowest BCUT2D eigenvalue weighted by molar-refractivity contribution is -0.150. The minimum Gasteiger partial charge on any atom is -0.481 e. The maximum Gasteiger partial charge on any atom is 0.306 e. The predicted octanol–water partition coefficient (Wildman–Crippen LogP) is 12.8. The summed E-state index contributed by atoms with van der Waals surface area (Å²) in [6.45, 7) is 4.42. The fourth-order valence-electron chi connectivity index (χ4n) is 5.35. The first-order chi connectivity index (χ1) is 21.6. The third kappa shape index (κ3) is 34.4. The first-order valence-electron chi connectivity index (χ1n) is 18.6. The van der Waals surface area contributed by atoms with Gasteiger partial charge in [0.05, 0.1) is 0 Å². The Balaban J connectivity index is 4.16. The lowest BCUT2D eigenvalue weighted by Gasteiger charge is -2.18.